The standard InChI is InChI=1S/C16H24O2S/c1-8-11-14(9-2)15(17)12-10-13-18-19(6,7)16(3,4)5/h8-9,11H,1-2,13H2,3-7H3/b14-11+. The van der Waals surface area contributed by atoms with Crippen molar-refractivity contribution in [1.29, 1.82) is 0 Å². The molecule has 0 unspecified atom stereocenters. The van der Waals surface area contributed by atoms with Crippen LogP contribution in [-0.2, 0) is 8.98 Å². The summed E-state index contributed by atoms with van der Waals surface area (Å²) in [5.41, 5.74) is 0.449. The Labute approximate surface area is 119 Å². The molecule has 0 aromatic carbocycles. The fraction of sp³-hybridized carbons (Fsp3) is 0.438. The van der Waals surface area contributed by atoms with Crippen molar-refractivity contribution < 1.29 is 8.98 Å². The largest absolute Gasteiger partial charge is 0.324 e. The van der Waals surface area contributed by atoms with E-state index in [0.717, 1.165) is 0 Å². The number of hydrogen-bond acceptors (Lipinski definition) is 2. The van der Waals surface area contributed by atoms with E-state index in [2.05, 4.69) is 58.3 Å². The van der Waals surface area contributed by atoms with Crippen LogP contribution in [0.1, 0.15) is 20.8 Å². The Morgan fingerprint density at radius 1 is 1.32 bits per heavy atom. The molecule has 0 amide bonds. The minimum absolute atomic E-state index is 0.0910. The van der Waals surface area contributed by atoms with Gasteiger partial charge in [-0.3, -0.25) is 4.79 Å². The van der Waals surface area contributed by atoms with Gasteiger partial charge in [-0.25, -0.2) is 0 Å². The molecule has 0 spiro atoms. The van der Waals surface area contributed by atoms with Crippen LogP contribution >= 0.6 is 10.3 Å². The van der Waals surface area contributed by atoms with E-state index < -0.39 is 10.3 Å². The summed E-state index contributed by atoms with van der Waals surface area (Å²) in [5.74, 6) is 5.06. The normalized spacial score (nSPS) is 13.2. The summed E-state index contributed by atoms with van der Waals surface area (Å²) in [7, 11) is -1.20. The maximum absolute atomic E-state index is 11.7. The third-order valence-electron chi connectivity index (χ3n) is 2.88. The third-order valence-corrected chi connectivity index (χ3v) is 6.54. The average Bonchev–Trinajstić information content (AvgIpc) is 2.29. The van der Waals surface area contributed by atoms with Crippen molar-refractivity contribution in [2.75, 3.05) is 19.1 Å². The molecule has 0 aliphatic carbocycles. The number of allylic oxidation sites excluding steroid dienone is 4. The molecule has 3 heteroatoms. The van der Waals surface area contributed by atoms with Crippen molar-refractivity contribution in [3.63, 3.8) is 0 Å². The Bertz CT molecular complexity index is 440. The molecule has 2 nitrogen and oxygen atoms in total. The Morgan fingerprint density at radius 3 is 2.32 bits per heavy atom. The molecular formula is C16H24O2S. The molecule has 0 saturated carbocycles. The molecule has 0 aliphatic rings. The van der Waals surface area contributed by atoms with Crippen LogP contribution in [0.3, 0.4) is 0 Å². The summed E-state index contributed by atoms with van der Waals surface area (Å²) < 4.78 is 5.90. The van der Waals surface area contributed by atoms with Crippen molar-refractivity contribution in [1.82, 2.24) is 0 Å². The number of ketones is 1. The molecule has 0 rings (SSSR count). The molecule has 0 atom stereocenters. The van der Waals surface area contributed by atoms with Gasteiger partial charge in [0.2, 0.25) is 5.78 Å². The topological polar surface area (TPSA) is 26.3 Å². The molecule has 0 fully saturated rings. The van der Waals surface area contributed by atoms with Gasteiger partial charge < -0.3 is 4.18 Å². The van der Waals surface area contributed by atoms with Crippen LogP contribution in [0.2, 0.25) is 0 Å². The zero-order chi connectivity index (χ0) is 15.1. The van der Waals surface area contributed by atoms with Gasteiger partial charge in [0, 0.05) is 10.3 Å². The van der Waals surface area contributed by atoms with E-state index in [4.69, 9.17) is 4.18 Å². The van der Waals surface area contributed by atoms with Gasteiger partial charge in [0.25, 0.3) is 0 Å². The van der Waals surface area contributed by atoms with Crippen LogP contribution in [0.5, 0.6) is 0 Å². The Hall–Kier alpha value is -1.24. The number of carbonyl (C=O) groups excluding carboxylic acids is 1. The number of rotatable bonds is 5. The maximum atomic E-state index is 11.7. The first-order valence-corrected chi connectivity index (χ1v) is 8.39. The minimum Gasteiger partial charge on any atom is -0.324 e. The van der Waals surface area contributed by atoms with Crippen LogP contribution in [0.15, 0.2) is 37.0 Å². The highest BCUT2D eigenvalue weighted by Gasteiger charge is 2.28. The predicted molar refractivity (Wildman–Crippen MR) is 86.4 cm³/mol. The SMILES string of the molecule is C=C/C=C(\C=C)C(=O)C#CCOS(C)(C)C(C)(C)C. The second-order valence-corrected chi connectivity index (χ2v) is 9.23. The first-order valence-electron chi connectivity index (χ1n) is 6.01. The summed E-state index contributed by atoms with van der Waals surface area (Å²) in [6.07, 6.45) is 8.81. The van der Waals surface area contributed by atoms with Crippen LogP contribution in [0.4, 0.5) is 0 Å². The lowest BCUT2D eigenvalue weighted by molar-refractivity contribution is -0.110. The van der Waals surface area contributed by atoms with Crippen LogP contribution in [-0.4, -0.2) is 29.6 Å². The highest BCUT2D eigenvalue weighted by atomic mass is 32.3. The number of hydrogen-bond donors (Lipinski definition) is 0. The summed E-state index contributed by atoms with van der Waals surface area (Å²) in [5, 5.41) is 0. The minimum atomic E-state index is -1.20. The maximum Gasteiger partial charge on any atom is 0.235 e. The summed E-state index contributed by atoms with van der Waals surface area (Å²) in [6, 6.07) is 0. The number of carbonyl (C=O) groups is 1. The van der Waals surface area contributed by atoms with E-state index in [9.17, 15) is 4.79 Å². The summed E-state index contributed by atoms with van der Waals surface area (Å²) >= 11 is 0. The van der Waals surface area contributed by atoms with Gasteiger partial charge >= 0.3 is 0 Å². The molecule has 0 heterocycles. The van der Waals surface area contributed by atoms with Gasteiger partial charge in [0.15, 0.2) is 0 Å². The molecule has 19 heavy (non-hydrogen) atoms. The molecule has 0 aromatic heterocycles. The molecule has 0 saturated heterocycles. The molecule has 106 valence electrons. The van der Waals surface area contributed by atoms with Crippen molar-refractivity contribution in [2.45, 2.75) is 25.5 Å². The first-order chi connectivity index (χ1) is 8.65. The second kappa shape index (κ2) is 7.37. The highest BCUT2D eigenvalue weighted by molar-refractivity contribution is 8.29. The molecule has 0 aromatic rings. The van der Waals surface area contributed by atoms with E-state index in [1.165, 1.54) is 6.08 Å². The quantitative estimate of drug-likeness (QED) is 0.332. The van der Waals surface area contributed by atoms with E-state index in [-0.39, 0.29) is 17.1 Å². The summed E-state index contributed by atoms with van der Waals surface area (Å²) in [6.45, 7) is 13.8. The van der Waals surface area contributed by atoms with Gasteiger partial charge in [0.05, 0.1) is 0 Å². The van der Waals surface area contributed by atoms with Gasteiger partial charge in [0.1, 0.15) is 6.61 Å². The Balaban J connectivity index is 4.58. The fourth-order valence-corrected chi connectivity index (χ4v) is 1.61. The Kier molecular flexibility index (Phi) is 6.89. The van der Waals surface area contributed by atoms with Gasteiger partial charge in [-0.05, 0) is 18.4 Å². The van der Waals surface area contributed by atoms with Crippen molar-refractivity contribution in [2.24, 2.45) is 0 Å². The van der Waals surface area contributed by atoms with Gasteiger partial charge in [-0.2, -0.15) is 0 Å². The van der Waals surface area contributed by atoms with E-state index >= 15 is 0 Å². The van der Waals surface area contributed by atoms with Crippen LogP contribution in [0.25, 0.3) is 0 Å². The monoisotopic (exact) mass is 280 g/mol. The van der Waals surface area contributed by atoms with E-state index in [1.807, 2.05) is 0 Å². The molecular weight excluding hydrogens is 256 g/mol. The Morgan fingerprint density at radius 2 is 1.89 bits per heavy atom. The zero-order valence-electron chi connectivity index (χ0n) is 12.6. The highest BCUT2D eigenvalue weighted by Crippen LogP contribution is 2.53. The van der Waals surface area contributed by atoms with Crippen molar-refractivity contribution in [3.8, 4) is 11.8 Å². The lowest BCUT2D eigenvalue weighted by atomic mass is 10.1. The lowest BCUT2D eigenvalue weighted by Gasteiger charge is -2.43. The number of Topliss-reactive ketones (excluding diaryl/α,β-unsaturated/α-hetero) is 1. The average molecular weight is 280 g/mol. The zero-order valence-corrected chi connectivity index (χ0v) is 13.4. The third kappa shape index (κ3) is 5.96. The molecule has 0 aliphatic heterocycles. The van der Waals surface area contributed by atoms with Crippen LogP contribution < -0.4 is 0 Å². The van der Waals surface area contributed by atoms with Crippen molar-refractivity contribution in [3.05, 3.63) is 37.0 Å². The van der Waals surface area contributed by atoms with Crippen LogP contribution in [0, 0.1) is 11.8 Å². The smallest absolute Gasteiger partial charge is 0.235 e. The molecule has 0 radical (unpaired) electrons. The summed E-state index contributed by atoms with van der Waals surface area (Å²) in [4.78, 5) is 11.7. The first kappa shape index (κ1) is 17.8. The lowest BCUT2D eigenvalue weighted by Crippen LogP contribution is -2.25. The van der Waals surface area contributed by atoms with Gasteiger partial charge in [-0.1, -0.05) is 58.1 Å². The fourth-order valence-electron chi connectivity index (χ4n) is 0.905. The molecule has 0 N–H and O–H groups in total. The van der Waals surface area contributed by atoms with Gasteiger partial charge in [-0.15, -0.1) is 10.3 Å². The van der Waals surface area contributed by atoms with Crippen molar-refractivity contribution >= 4 is 16.1 Å². The molecule has 0 bridgehead atoms. The second-order valence-electron chi connectivity index (χ2n) is 5.30. The van der Waals surface area contributed by atoms with E-state index in [0.29, 0.717) is 5.57 Å². The van der Waals surface area contributed by atoms with E-state index in [1.54, 1.807) is 12.2 Å². The predicted octanol–water partition coefficient (Wildman–Crippen LogP) is 3.65.